The first-order valence-corrected chi connectivity index (χ1v) is 5.98. The van der Waals surface area contributed by atoms with Gasteiger partial charge in [0.05, 0.1) is 5.60 Å². The number of β-amino-alcohol motifs (C(OH)–C–C–N with tert-alkyl or cyclic N) is 1. The maximum Gasteiger partial charge on any atom is 0.0768 e. The zero-order valence-electron chi connectivity index (χ0n) is 10.8. The van der Waals surface area contributed by atoms with Crippen LogP contribution in [-0.4, -0.2) is 59.8 Å². The molecule has 0 spiro atoms. The summed E-state index contributed by atoms with van der Waals surface area (Å²) in [6, 6.07) is 0.599. The van der Waals surface area contributed by atoms with Crippen molar-refractivity contribution in [2.45, 2.75) is 39.3 Å². The number of rotatable bonds is 3. The van der Waals surface area contributed by atoms with Gasteiger partial charge in [0.2, 0.25) is 0 Å². The number of piperazine rings is 1. The van der Waals surface area contributed by atoms with Crippen LogP contribution in [0.3, 0.4) is 0 Å². The maximum absolute atomic E-state index is 10.2. The van der Waals surface area contributed by atoms with Crippen LogP contribution in [0.5, 0.6) is 0 Å². The van der Waals surface area contributed by atoms with Crippen LogP contribution in [0, 0.1) is 5.92 Å². The molecule has 2 unspecified atom stereocenters. The Morgan fingerprint density at radius 3 is 2.47 bits per heavy atom. The highest BCUT2D eigenvalue weighted by Gasteiger charge is 2.30. The second-order valence-electron chi connectivity index (χ2n) is 5.58. The van der Waals surface area contributed by atoms with Gasteiger partial charge in [-0.2, -0.15) is 0 Å². The third-order valence-corrected chi connectivity index (χ3v) is 3.83. The van der Waals surface area contributed by atoms with Gasteiger partial charge in [-0.05, 0) is 26.8 Å². The van der Waals surface area contributed by atoms with Crippen LogP contribution in [0.1, 0.15) is 27.7 Å². The lowest BCUT2D eigenvalue weighted by atomic mass is 9.91. The third-order valence-electron chi connectivity index (χ3n) is 3.83. The van der Waals surface area contributed by atoms with Gasteiger partial charge in [0.15, 0.2) is 0 Å². The van der Waals surface area contributed by atoms with Crippen molar-refractivity contribution >= 4 is 0 Å². The Kier molecular flexibility index (Phi) is 4.15. The highest BCUT2D eigenvalue weighted by Crippen LogP contribution is 2.19. The molecule has 3 heteroatoms. The van der Waals surface area contributed by atoms with E-state index in [2.05, 4.69) is 37.6 Å². The second kappa shape index (κ2) is 4.81. The molecular formula is C12H26N2O. The molecule has 0 aromatic rings. The van der Waals surface area contributed by atoms with Crippen LogP contribution in [0.2, 0.25) is 0 Å². The number of aliphatic hydroxyl groups is 1. The summed E-state index contributed by atoms with van der Waals surface area (Å²) < 4.78 is 0. The Bertz CT molecular complexity index is 204. The van der Waals surface area contributed by atoms with Crippen molar-refractivity contribution in [3.05, 3.63) is 0 Å². The van der Waals surface area contributed by atoms with E-state index < -0.39 is 5.60 Å². The normalized spacial score (nSPS) is 29.4. The van der Waals surface area contributed by atoms with E-state index in [-0.39, 0.29) is 0 Å². The molecule has 15 heavy (non-hydrogen) atoms. The van der Waals surface area contributed by atoms with Crippen molar-refractivity contribution in [2.24, 2.45) is 5.92 Å². The van der Waals surface area contributed by atoms with E-state index in [0.29, 0.717) is 12.0 Å². The highest BCUT2D eigenvalue weighted by molar-refractivity contribution is 4.85. The SMILES string of the molecule is CC1CN(CC(C)(O)C(C)C)CCN1C. The molecule has 3 nitrogen and oxygen atoms in total. The lowest BCUT2D eigenvalue weighted by Crippen LogP contribution is -2.54. The van der Waals surface area contributed by atoms with Crippen LogP contribution in [-0.2, 0) is 0 Å². The molecule has 0 radical (unpaired) electrons. The summed E-state index contributed by atoms with van der Waals surface area (Å²) in [6.07, 6.45) is 0. The van der Waals surface area contributed by atoms with E-state index >= 15 is 0 Å². The first-order chi connectivity index (χ1) is 6.83. The fourth-order valence-corrected chi connectivity index (χ4v) is 1.90. The first-order valence-electron chi connectivity index (χ1n) is 5.98. The van der Waals surface area contributed by atoms with E-state index in [0.717, 1.165) is 26.2 Å². The summed E-state index contributed by atoms with van der Waals surface area (Å²) in [4.78, 5) is 4.76. The van der Waals surface area contributed by atoms with Crippen LogP contribution in [0.4, 0.5) is 0 Å². The molecule has 0 aromatic carbocycles. The van der Waals surface area contributed by atoms with Crippen molar-refractivity contribution in [1.29, 1.82) is 0 Å². The summed E-state index contributed by atoms with van der Waals surface area (Å²) in [5, 5.41) is 10.2. The zero-order valence-corrected chi connectivity index (χ0v) is 10.8. The predicted molar refractivity (Wildman–Crippen MR) is 64.0 cm³/mol. The average molecular weight is 214 g/mol. The van der Waals surface area contributed by atoms with Crippen LogP contribution in [0.25, 0.3) is 0 Å². The molecule has 2 atom stereocenters. The number of hydrogen-bond acceptors (Lipinski definition) is 3. The fourth-order valence-electron chi connectivity index (χ4n) is 1.90. The van der Waals surface area contributed by atoms with Crippen LogP contribution in [0.15, 0.2) is 0 Å². The Morgan fingerprint density at radius 2 is 2.00 bits per heavy atom. The first kappa shape index (κ1) is 12.9. The van der Waals surface area contributed by atoms with Crippen molar-refractivity contribution in [1.82, 2.24) is 9.80 Å². The van der Waals surface area contributed by atoms with Crippen LogP contribution >= 0.6 is 0 Å². The van der Waals surface area contributed by atoms with Crippen molar-refractivity contribution < 1.29 is 5.11 Å². The minimum absolute atomic E-state index is 0.312. The van der Waals surface area contributed by atoms with Gasteiger partial charge in [-0.25, -0.2) is 0 Å². The molecule has 1 rings (SSSR count). The molecule has 1 aliphatic heterocycles. The average Bonchev–Trinajstić information content (AvgIpc) is 2.10. The zero-order chi connectivity index (χ0) is 11.6. The maximum atomic E-state index is 10.2. The van der Waals surface area contributed by atoms with Gasteiger partial charge < -0.3 is 10.0 Å². The van der Waals surface area contributed by atoms with E-state index in [4.69, 9.17) is 0 Å². The van der Waals surface area contributed by atoms with E-state index in [1.54, 1.807) is 0 Å². The molecule has 90 valence electrons. The number of hydrogen-bond donors (Lipinski definition) is 1. The summed E-state index contributed by atoms with van der Waals surface area (Å²) in [7, 11) is 2.17. The molecule has 1 heterocycles. The molecule has 0 aliphatic carbocycles. The quantitative estimate of drug-likeness (QED) is 0.760. The second-order valence-corrected chi connectivity index (χ2v) is 5.58. The molecular weight excluding hydrogens is 188 g/mol. The number of nitrogens with zero attached hydrogens (tertiary/aromatic N) is 2. The summed E-state index contributed by atoms with van der Waals surface area (Å²) in [5.41, 5.74) is -0.560. The van der Waals surface area contributed by atoms with Gasteiger partial charge in [0, 0.05) is 32.2 Å². The molecule has 0 bridgehead atoms. The third kappa shape index (κ3) is 3.44. The van der Waals surface area contributed by atoms with Crippen LogP contribution < -0.4 is 0 Å². The lowest BCUT2D eigenvalue weighted by Gasteiger charge is -2.41. The smallest absolute Gasteiger partial charge is 0.0768 e. The minimum Gasteiger partial charge on any atom is -0.389 e. The van der Waals surface area contributed by atoms with Crippen molar-refractivity contribution in [3.63, 3.8) is 0 Å². The molecule has 0 amide bonds. The summed E-state index contributed by atoms with van der Waals surface area (Å²) in [6.45, 7) is 12.4. The molecule has 1 aliphatic rings. The number of likely N-dealkylation sites (N-methyl/N-ethyl adjacent to an activating group) is 1. The molecule has 1 N–H and O–H groups in total. The fraction of sp³-hybridized carbons (Fsp3) is 1.00. The summed E-state index contributed by atoms with van der Waals surface area (Å²) in [5.74, 6) is 0.312. The van der Waals surface area contributed by atoms with Gasteiger partial charge in [0.1, 0.15) is 0 Å². The van der Waals surface area contributed by atoms with E-state index in [1.165, 1.54) is 0 Å². The monoisotopic (exact) mass is 214 g/mol. The van der Waals surface area contributed by atoms with Gasteiger partial charge in [-0.15, -0.1) is 0 Å². The van der Waals surface area contributed by atoms with E-state index in [9.17, 15) is 5.11 Å². The standard InChI is InChI=1S/C12H26N2O/c1-10(2)12(4,15)9-14-7-6-13(5)11(3)8-14/h10-11,15H,6-9H2,1-5H3. The largest absolute Gasteiger partial charge is 0.389 e. The van der Waals surface area contributed by atoms with Gasteiger partial charge in [-0.1, -0.05) is 13.8 Å². The Morgan fingerprint density at radius 1 is 1.40 bits per heavy atom. The van der Waals surface area contributed by atoms with E-state index in [1.807, 2.05) is 6.92 Å². The minimum atomic E-state index is -0.560. The van der Waals surface area contributed by atoms with Gasteiger partial charge >= 0.3 is 0 Å². The highest BCUT2D eigenvalue weighted by atomic mass is 16.3. The topological polar surface area (TPSA) is 26.7 Å². The molecule has 0 aromatic heterocycles. The predicted octanol–water partition coefficient (Wildman–Crippen LogP) is 1.03. The van der Waals surface area contributed by atoms with Gasteiger partial charge in [-0.3, -0.25) is 4.90 Å². The van der Waals surface area contributed by atoms with Crippen molar-refractivity contribution in [3.8, 4) is 0 Å². The molecule has 0 saturated carbocycles. The molecule has 1 fully saturated rings. The Balaban J connectivity index is 2.46. The Labute approximate surface area is 94.1 Å². The Hall–Kier alpha value is -0.120. The lowest BCUT2D eigenvalue weighted by molar-refractivity contribution is -0.0338. The summed E-state index contributed by atoms with van der Waals surface area (Å²) >= 11 is 0. The van der Waals surface area contributed by atoms with Crippen molar-refractivity contribution in [2.75, 3.05) is 33.2 Å². The van der Waals surface area contributed by atoms with Gasteiger partial charge in [0.25, 0.3) is 0 Å². The molecule has 1 saturated heterocycles.